The van der Waals surface area contributed by atoms with Gasteiger partial charge in [-0.15, -0.1) is 21.5 Å². The molecule has 0 radical (unpaired) electrons. The van der Waals surface area contributed by atoms with Crippen molar-refractivity contribution in [2.24, 2.45) is 10.9 Å². The summed E-state index contributed by atoms with van der Waals surface area (Å²) >= 11 is 1.43. The van der Waals surface area contributed by atoms with Crippen molar-refractivity contribution in [2.45, 2.75) is 33.4 Å². The van der Waals surface area contributed by atoms with E-state index in [1.807, 2.05) is 54.6 Å². The summed E-state index contributed by atoms with van der Waals surface area (Å²) in [5.74, 6) is -1.03. The largest absolute Gasteiger partial charge is 0.481 e. The predicted octanol–water partition coefficient (Wildman–Crippen LogP) is 4.96. The highest BCUT2D eigenvalue weighted by Gasteiger charge is 2.36. The Morgan fingerprint density at radius 2 is 1.73 bits per heavy atom. The molecule has 1 aliphatic heterocycles. The van der Waals surface area contributed by atoms with E-state index in [1.54, 1.807) is 19.1 Å². The number of anilines is 2. The molecule has 0 fully saturated rings. The van der Waals surface area contributed by atoms with Crippen molar-refractivity contribution in [3.05, 3.63) is 87.6 Å². The number of fused-ring (bicyclic) bond motifs is 3. The lowest BCUT2D eigenvalue weighted by Gasteiger charge is -2.20. The fraction of sp³-hybridized carbons (Fsp3) is 0.259. The lowest BCUT2D eigenvalue weighted by Crippen LogP contribution is -2.21. The number of aliphatic hydroxyl groups excluding tert-OH is 1. The molecule has 10 heteroatoms. The maximum absolute atomic E-state index is 13.4. The van der Waals surface area contributed by atoms with E-state index in [4.69, 9.17) is 4.99 Å². The molecule has 0 bridgehead atoms. The molecule has 2 aromatic carbocycles. The van der Waals surface area contributed by atoms with Gasteiger partial charge in [-0.2, -0.15) is 0 Å². The first kappa shape index (κ1) is 24.8. The standard InChI is InChI=1S/C27H26FN5O3S/c1-14-21(13-34)37-26-22(14)24(29-23(15(2)27(35)36)25-31-30-16(3)33(25)26)17-5-9-19(10-6-17)32(4)20-11-7-18(28)8-12-20/h5-12,15,23,34H,13H2,1-4H3,(H,35,36)/t15?,23-/m0/s1. The highest BCUT2D eigenvalue weighted by atomic mass is 32.1. The summed E-state index contributed by atoms with van der Waals surface area (Å²) in [6.45, 7) is 5.26. The van der Waals surface area contributed by atoms with Crippen LogP contribution in [0.2, 0.25) is 0 Å². The Morgan fingerprint density at radius 1 is 1.11 bits per heavy atom. The highest BCUT2D eigenvalue weighted by molar-refractivity contribution is 7.15. The third-order valence-corrected chi connectivity index (χ3v) is 8.06. The van der Waals surface area contributed by atoms with Gasteiger partial charge in [0.2, 0.25) is 0 Å². The van der Waals surface area contributed by atoms with E-state index in [0.717, 1.165) is 37.9 Å². The Kier molecular flexibility index (Phi) is 6.38. The van der Waals surface area contributed by atoms with E-state index in [1.165, 1.54) is 23.5 Å². The van der Waals surface area contributed by atoms with Crippen molar-refractivity contribution in [3.8, 4) is 5.00 Å². The molecule has 0 saturated carbocycles. The van der Waals surface area contributed by atoms with Gasteiger partial charge >= 0.3 is 5.97 Å². The predicted molar refractivity (Wildman–Crippen MR) is 141 cm³/mol. The van der Waals surface area contributed by atoms with E-state index in [-0.39, 0.29) is 12.4 Å². The van der Waals surface area contributed by atoms with Crippen LogP contribution in [-0.4, -0.2) is 43.7 Å². The monoisotopic (exact) mass is 519 g/mol. The van der Waals surface area contributed by atoms with Crippen LogP contribution in [0.15, 0.2) is 53.5 Å². The van der Waals surface area contributed by atoms with Crippen LogP contribution in [0.4, 0.5) is 15.8 Å². The number of nitrogens with zero attached hydrogens (tertiary/aromatic N) is 5. The lowest BCUT2D eigenvalue weighted by atomic mass is 9.98. The maximum Gasteiger partial charge on any atom is 0.308 e. The van der Waals surface area contributed by atoms with Gasteiger partial charge in [0.25, 0.3) is 0 Å². The molecule has 0 aliphatic carbocycles. The van der Waals surface area contributed by atoms with Gasteiger partial charge in [-0.3, -0.25) is 14.4 Å². The number of aromatic nitrogens is 3. The minimum Gasteiger partial charge on any atom is -0.481 e. The molecule has 1 unspecified atom stereocenters. The van der Waals surface area contributed by atoms with Crippen LogP contribution in [-0.2, 0) is 11.4 Å². The van der Waals surface area contributed by atoms with Crippen molar-refractivity contribution in [3.63, 3.8) is 0 Å². The fourth-order valence-corrected chi connectivity index (χ4v) is 5.78. The van der Waals surface area contributed by atoms with E-state index in [0.29, 0.717) is 17.4 Å². The van der Waals surface area contributed by atoms with Gasteiger partial charge in [-0.05, 0) is 62.7 Å². The van der Waals surface area contributed by atoms with Crippen LogP contribution in [0.3, 0.4) is 0 Å². The van der Waals surface area contributed by atoms with Crippen LogP contribution in [0.5, 0.6) is 0 Å². The summed E-state index contributed by atoms with van der Waals surface area (Å²) in [6.07, 6.45) is 0. The van der Waals surface area contributed by atoms with Crippen molar-refractivity contribution >= 4 is 34.4 Å². The number of aliphatic carboxylic acids is 1. The zero-order chi connectivity index (χ0) is 26.4. The summed E-state index contributed by atoms with van der Waals surface area (Å²) in [5.41, 5.74) is 4.90. The SMILES string of the molecule is Cc1c(CO)sc2c1C(c1ccc(N(C)c3ccc(F)cc3)cc1)=N[C@@H](C(C)C(=O)O)c1nnc(C)n1-2. The molecule has 3 heterocycles. The molecule has 0 amide bonds. The average Bonchev–Trinajstić information content (AvgIpc) is 3.38. The molecule has 2 atom stereocenters. The summed E-state index contributed by atoms with van der Waals surface area (Å²) < 4.78 is 15.2. The second-order valence-electron chi connectivity index (χ2n) is 9.06. The topological polar surface area (TPSA) is 104 Å². The van der Waals surface area contributed by atoms with Gasteiger partial charge in [0.1, 0.15) is 22.7 Å². The number of thiophene rings is 1. The first-order chi connectivity index (χ1) is 17.7. The normalized spacial score (nSPS) is 15.4. The van der Waals surface area contributed by atoms with Crippen LogP contribution in [0.1, 0.15) is 46.2 Å². The Bertz CT molecular complexity index is 1510. The molecule has 37 heavy (non-hydrogen) atoms. The molecule has 0 spiro atoms. The Hall–Kier alpha value is -3.89. The second-order valence-corrected chi connectivity index (χ2v) is 10.1. The highest BCUT2D eigenvalue weighted by Crippen LogP contribution is 2.41. The third kappa shape index (κ3) is 4.21. The smallest absolute Gasteiger partial charge is 0.308 e. The molecule has 190 valence electrons. The van der Waals surface area contributed by atoms with E-state index < -0.39 is 17.9 Å². The molecule has 2 N–H and O–H groups in total. The van der Waals surface area contributed by atoms with Crippen LogP contribution in [0, 0.1) is 25.6 Å². The summed E-state index contributed by atoms with van der Waals surface area (Å²) in [5, 5.41) is 29.2. The first-order valence-corrected chi connectivity index (χ1v) is 12.6. The number of halogens is 1. The minimum absolute atomic E-state index is 0.121. The molecule has 2 aromatic heterocycles. The van der Waals surface area contributed by atoms with Gasteiger partial charge < -0.3 is 15.1 Å². The van der Waals surface area contributed by atoms with Gasteiger partial charge in [-0.1, -0.05) is 12.1 Å². The van der Waals surface area contributed by atoms with Crippen molar-refractivity contribution < 1.29 is 19.4 Å². The summed E-state index contributed by atoms with van der Waals surface area (Å²) in [7, 11) is 1.90. The summed E-state index contributed by atoms with van der Waals surface area (Å²) in [4.78, 5) is 19.8. The molecule has 0 saturated heterocycles. The third-order valence-electron chi connectivity index (χ3n) is 6.80. The number of rotatable bonds is 6. The summed E-state index contributed by atoms with van der Waals surface area (Å²) in [6, 6.07) is 13.3. The van der Waals surface area contributed by atoms with Crippen LogP contribution < -0.4 is 4.90 Å². The van der Waals surface area contributed by atoms with Gasteiger partial charge in [0.15, 0.2) is 5.82 Å². The first-order valence-electron chi connectivity index (χ1n) is 11.8. The molecule has 4 aromatic rings. The van der Waals surface area contributed by atoms with Gasteiger partial charge in [0.05, 0.1) is 18.2 Å². The number of carbonyl (C=O) groups is 1. The number of aliphatic imine (C=N–C) groups is 1. The van der Waals surface area contributed by atoms with E-state index in [2.05, 4.69) is 10.2 Å². The lowest BCUT2D eigenvalue weighted by molar-refractivity contribution is -0.141. The van der Waals surface area contributed by atoms with E-state index >= 15 is 0 Å². The van der Waals surface area contributed by atoms with Crippen molar-refractivity contribution in [1.29, 1.82) is 0 Å². The van der Waals surface area contributed by atoms with E-state index in [9.17, 15) is 19.4 Å². The number of hydrogen-bond acceptors (Lipinski definition) is 7. The molecule has 1 aliphatic rings. The minimum atomic E-state index is -0.977. The van der Waals surface area contributed by atoms with Crippen LogP contribution in [0.25, 0.3) is 5.00 Å². The zero-order valence-electron chi connectivity index (χ0n) is 20.8. The number of benzene rings is 2. The van der Waals surface area contributed by atoms with Crippen molar-refractivity contribution in [2.75, 3.05) is 11.9 Å². The number of carboxylic acid groups (broad SMARTS) is 1. The number of aryl methyl sites for hydroxylation is 1. The molecule has 8 nitrogen and oxygen atoms in total. The number of hydrogen-bond donors (Lipinski definition) is 2. The second kappa shape index (κ2) is 9.53. The average molecular weight is 520 g/mol. The number of aliphatic hydroxyl groups is 1. The zero-order valence-corrected chi connectivity index (χ0v) is 21.6. The maximum atomic E-state index is 13.4. The Balaban J connectivity index is 1.66. The van der Waals surface area contributed by atoms with Crippen molar-refractivity contribution in [1.82, 2.24) is 14.8 Å². The molecular formula is C27H26FN5O3S. The molecule has 5 rings (SSSR count). The Labute approximate surface area is 217 Å². The van der Waals surface area contributed by atoms with Gasteiger partial charge in [-0.25, -0.2) is 4.39 Å². The van der Waals surface area contributed by atoms with Gasteiger partial charge in [0, 0.05) is 34.4 Å². The number of carboxylic acids is 1. The van der Waals surface area contributed by atoms with Crippen LogP contribution >= 0.6 is 11.3 Å². The molecular weight excluding hydrogens is 493 g/mol. The quantitative estimate of drug-likeness (QED) is 0.373. The Morgan fingerprint density at radius 3 is 2.32 bits per heavy atom. The fourth-order valence-electron chi connectivity index (χ4n) is 4.56.